The zero-order valence-electron chi connectivity index (χ0n) is 9.15. The van der Waals surface area contributed by atoms with Crippen LogP contribution in [0.5, 0.6) is 0 Å². The highest BCUT2D eigenvalue weighted by Gasteiger charge is 2.15. The number of amides is 2. The highest BCUT2D eigenvalue weighted by atomic mass is 32.1. The molecule has 1 aromatic rings. The van der Waals surface area contributed by atoms with Crippen molar-refractivity contribution in [2.45, 2.75) is 0 Å². The molecular weight excluding hydrogens is 246 g/mol. The highest BCUT2D eigenvalue weighted by Crippen LogP contribution is 2.23. The number of carbonyl (C=O) groups is 2. The Morgan fingerprint density at radius 3 is 2.76 bits per heavy atom. The van der Waals surface area contributed by atoms with Crippen LogP contribution in [0.4, 0.5) is 15.7 Å². The second-order valence-corrected chi connectivity index (χ2v) is 3.91. The van der Waals surface area contributed by atoms with Crippen molar-refractivity contribution >= 4 is 34.3 Å². The van der Waals surface area contributed by atoms with Crippen LogP contribution >= 0.6 is 11.3 Å². The van der Waals surface area contributed by atoms with E-state index in [2.05, 4.69) is 20.4 Å². The quantitative estimate of drug-likeness (QED) is 0.531. The molecule has 17 heavy (non-hydrogen) atoms. The molecule has 0 saturated heterocycles. The van der Waals surface area contributed by atoms with E-state index in [1.54, 1.807) is 7.05 Å². The Morgan fingerprint density at radius 2 is 2.24 bits per heavy atom. The van der Waals surface area contributed by atoms with Gasteiger partial charge < -0.3 is 26.8 Å². The largest absolute Gasteiger partial charge is 0.448 e. The summed E-state index contributed by atoms with van der Waals surface area (Å²) in [6.07, 6.45) is -0.881. The van der Waals surface area contributed by atoms with Crippen LogP contribution < -0.4 is 22.1 Å². The molecular formula is C8H13N5O3S. The van der Waals surface area contributed by atoms with Crippen LogP contribution in [-0.4, -0.2) is 37.2 Å². The summed E-state index contributed by atoms with van der Waals surface area (Å²) in [5, 5.41) is 5.87. The number of ether oxygens (including phenoxy) is 1. The van der Waals surface area contributed by atoms with Gasteiger partial charge in [-0.3, -0.25) is 4.79 Å². The molecule has 9 heteroatoms. The molecule has 0 radical (unpaired) electrons. The SMILES string of the molecule is CNc1nc(N)c(C(=O)NCCOC(N)=O)s1. The standard InChI is InChI=1S/C8H13N5O3S/c1-11-8-13-5(9)4(17-8)6(14)12-2-3-16-7(10)15/h2-3,9H2,1H3,(H2,10,15)(H,11,13)(H,12,14). The van der Waals surface area contributed by atoms with Gasteiger partial charge in [0.2, 0.25) is 0 Å². The highest BCUT2D eigenvalue weighted by molar-refractivity contribution is 7.18. The molecule has 6 N–H and O–H groups in total. The number of anilines is 2. The van der Waals surface area contributed by atoms with Gasteiger partial charge in [-0.25, -0.2) is 9.78 Å². The molecule has 1 aromatic heterocycles. The first-order valence-corrected chi connectivity index (χ1v) is 5.50. The lowest BCUT2D eigenvalue weighted by molar-refractivity contribution is 0.0941. The van der Waals surface area contributed by atoms with Gasteiger partial charge in [0.15, 0.2) is 5.13 Å². The zero-order chi connectivity index (χ0) is 12.8. The number of rotatable bonds is 5. The molecule has 2 amide bonds. The maximum Gasteiger partial charge on any atom is 0.404 e. The average Bonchev–Trinajstić information content (AvgIpc) is 2.65. The molecule has 0 aliphatic carbocycles. The first-order valence-electron chi connectivity index (χ1n) is 4.69. The summed E-state index contributed by atoms with van der Waals surface area (Å²) < 4.78 is 4.45. The smallest absolute Gasteiger partial charge is 0.404 e. The molecule has 0 bridgehead atoms. The number of nitrogens with two attached hydrogens (primary N) is 2. The van der Waals surface area contributed by atoms with Crippen LogP contribution in [0.3, 0.4) is 0 Å². The molecule has 8 nitrogen and oxygen atoms in total. The van der Waals surface area contributed by atoms with Gasteiger partial charge in [-0.05, 0) is 0 Å². The lowest BCUT2D eigenvalue weighted by atomic mass is 10.4. The van der Waals surface area contributed by atoms with Crippen molar-refractivity contribution in [1.82, 2.24) is 10.3 Å². The average molecular weight is 259 g/mol. The van der Waals surface area contributed by atoms with Crippen LogP contribution in [0.2, 0.25) is 0 Å². The normalized spacial score (nSPS) is 9.71. The van der Waals surface area contributed by atoms with E-state index >= 15 is 0 Å². The molecule has 0 saturated carbocycles. The predicted octanol–water partition coefficient (Wildman–Crippen LogP) is -0.408. The number of nitrogens with zero attached hydrogens (tertiary/aromatic N) is 1. The second-order valence-electron chi connectivity index (χ2n) is 2.91. The van der Waals surface area contributed by atoms with Crippen molar-refractivity contribution in [3.63, 3.8) is 0 Å². The van der Waals surface area contributed by atoms with E-state index in [0.29, 0.717) is 10.0 Å². The van der Waals surface area contributed by atoms with Crippen molar-refractivity contribution < 1.29 is 14.3 Å². The van der Waals surface area contributed by atoms with Gasteiger partial charge in [-0.2, -0.15) is 0 Å². The molecule has 1 heterocycles. The fourth-order valence-corrected chi connectivity index (χ4v) is 1.75. The van der Waals surface area contributed by atoms with E-state index < -0.39 is 6.09 Å². The summed E-state index contributed by atoms with van der Waals surface area (Å²) in [6, 6.07) is 0. The third kappa shape index (κ3) is 3.79. The van der Waals surface area contributed by atoms with Gasteiger partial charge in [-0.15, -0.1) is 0 Å². The van der Waals surface area contributed by atoms with Crippen LogP contribution in [0, 0.1) is 0 Å². The monoisotopic (exact) mass is 259 g/mol. The number of nitrogens with one attached hydrogen (secondary N) is 2. The molecule has 94 valence electrons. The molecule has 0 atom stereocenters. The number of hydrogen-bond donors (Lipinski definition) is 4. The second kappa shape index (κ2) is 5.89. The van der Waals surface area contributed by atoms with Gasteiger partial charge in [-0.1, -0.05) is 11.3 Å². The third-order valence-corrected chi connectivity index (χ3v) is 2.79. The van der Waals surface area contributed by atoms with E-state index in [-0.39, 0.29) is 24.9 Å². The van der Waals surface area contributed by atoms with Crippen LogP contribution in [0.25, 0.3) is 0 Å². The number of aromatic nitrogens is 1. The number of thiazole rings is 1. The minimum absolute atomic E-state index is 0.0126. The summed E-state index contributed by atoms with van der Waals surface area (Å²) >= 11 is 1.14. The van der Waals surface area contributed by atoms with Crippen LogP contribution in [0.15, 0.2) is 0 Å². The molecule has 0 fully saturated rings. The van der Waals surface area contributed by atoms with Crippen molar-refractivity contribution in [1.29, 1.82) is 0 Å². The van der Waals surface area contributed by atoms with E-state index in [0.717, 1.165) is 11.3 Å². The van der Waals surface area contributed by atoms with Crippen LogP contribution in [0.1, 0.15) is 9.67 Å². The minimum Gasteiger partial charge on any atom is -0.448 e. The first-order chi connectivity index (χ1) is 8.04. The summed E-state index contributed by atoms with van der Waals surface area (Å²) in [7, 11) is 1.68. The topological polar surface area (TPSA) is 132 Å². The molecule has 0 aliphatic rings. The van der Waals surface area contributed by atoms with E-state index in [1.165, 1.54) is 0 Å². The first kappa shape index (κ1) is 13.0. The van der Waals surface area contributed by atoms with Gasteiger partial charge >= 0.3 is 6.09 Å². The van der Waals surface area contributed by atoms with Crippen molar-refractivity contribution in [3.8, 4) is 0 Å². The van der Waals surface area contributed by atoms with Crippen LogP contribution in [-0.2, 0) is 4.74 Å². The number of primary amides is 1. The minimum atomic E-state index is -0.881. The van der Waals surface area contributed by atoms with Gasteiger partial charge in [0.1, 0.15) is 17.3 Å². The van der Waals surface area contributed by atoms with Crippen molar-refractivity contribution in [3.05, 3.63) is 4.88 Å². The molecule has 0 aliphatic heterocycles. The zero-order valence-corrected chi connectivity index (χ0v) is 9.97. The Balaban J connectivity index is 2.46. The molecule has 1 rings (SSSR count). The van der Waals surface area contributed by atoms with Crippen molar-refractivity contribution in [2.75, 3.05) is 31.2 Å². The summed E-state index contributed by atoms with van der Waals surface area (Å²) in [5.41, 5.74) is 10.3. The van der Waals surface area contributed by atoms with Gasteiger partial charge in [0.05, 0.1) is 6.54 Å². The third-order valence-electron chi connectivity index (χ3n) is 1.71. The summed E-state index contributed by atoms with van der Waals surface area (Å²) in [6.45, 7) is 0.173. The van der Waals surface area contributed by atoms with E-state index in [1.807, 2.05) is 0 Å². The van der Waals surface area contributed by atoms with Crippen molar-refractivity contribution in [2.24, 2.45) is 5.73 Å². The Labute approximate surface area is 101 Å². The number of nitrogen functional groups attached to an aromatic ring is 1. The van der Waals surface area contributed by atoms with Gasteiger partial charge in [0, 0.05) is 7.05 Å². The molecule has 0 spiro atoms. The van der Waals surface area contributed by atoms with E-state index in [9.17, 15) is 9.59 Å². The fourth-order valence-electron chi connectivity index (χ4n) is 0.998. The number of hydrogen-bond acceptors (Lipinski definition) is 7. The Bertz CT molecular complexity index is 419. The maximum atomic E-state index is 11.6. The van der Waals surface area contributed by atoms with Gasteiger partial charge in [0.25, 0.3) is 5.91 Å². The fraction of sp³-hybridized carbons (Fsp3) is 0.375. The summed E-state index contributed by atoms with van der Waals surface area (Å²) in [5.74, 6) is -0.206. The molecule has 0 unspecified atom stereocenters. The lowest BCUT2D eigenvalue weighted by Gasteiger charge is -2.03. The Kier molecular flexibility index (Phi) is 4.52. The predicted molar refractivity (Wildman–Crippen MR) is 63.9 cm³/mol. The van der Waals surface area contributed by atoms with E-state index in [4.69, 9.17) is 11.5 Å². The number of carbonyl (C=O) groups excluding carboxylic acids is 2. The molecule has 0 aromatic carbocycles. The Hall–Kier alpha value is -2.03. The Morgan fingerprint density at radius 1 is 1.53 bits per heavy atom. The maximum absolute atomic E-state index is 11.6. The lowest BCUT2D eigenvalue weighted by Crippen LogP contribution is -2.28. The summed E-state index contributed by atoms with van der Waals surface area (Å²) in [4.78, 5) is 26.1.